The summed E-state index contributed by atoms with van der Waals surface area (Å²) >= 11 is 5.60. The van der Waals surface area contributed by atoms with E-state index in [0.29, 0.717) is 6.92 Å². The molecule has 0 fully saturated rings. The molecule has 0 saturated heterocycles. The Hall–Kier alpha value is -1.69. The van der Waals surface area contributed by atoms with Gasteiger partial charge in [0.2, 0.25) is 5.88 Å². The number of nitrogen functional groups attached to an aromatic ring is 1. The number of rotatable bonds is 2. The van der Waals surface area contributed by atoms with E-state index in [-0.39, 0.29) is 22.0 Å². The van der Waals surface area contributed by atoms with Crippen molar-refractivity contribution in [2.24, 2.45) is 0 Å². The normalized spacial score (nSPS) is 11.8. The summed E-state index contributed by atoms with van der Waals surface area (Å²) in [6.07, 6.45) is 0. The number of benzene rings is 1. The van der Waals surface area contributed by atoms with Gasteiger partial charge in [0.05, 0.1) is 10.6 Å². The summed E-state index contributed by atoms with van der Waals surface area (Å²) in [7, 11) is 0. The summed E-state index contributed by atoms with van der Waals surface area (Å²) in [5, 5.41) is 2.98. The second-order valence-electron chi connectivity index (χ2n) is 3.76. The zero-order valence-electron chi connectivity index (χ0n) is 9.18. The van der Waals surface area contributed by atoms with Gasteiger partial charge in [-0.25, -0.2) is 4.39 Å². The van der Waals surface area contributed by atoms with Crippen LogP contribution in [0.1, 0.15) is 12.6 Å². The van der Waals surface area contributed by atoms with Crippen molar-refractivity contribution in [2.45, 2.75) is 12.8 Å². The molecule has 2 N–H and O–H groups in total. The van der Waals surface area contributed by atoms with Crippen molar-refractivity contribution in [3.8, 4) is 11.1 Å². The van der Waals surface area contributed by atoms with Crippen LogP contribution in [0.5, 0.6) is 0 Å². The van der Waals surface area contributed by atoms with E-state index in [2.05, 4.69) is 9.68 Å². The Morgan fingerprint density at radius 3 is 2.67 bits per heavy atom. The number of anilines is 1. The first-order valence-corrected chi connectivity index (χ1v) is 5.28. The molecule has 3 nitrogen and oxygen atoms in total. The highest BCUT2D eigenvalue weighted by atomic mass is 35.5. The molecule has 0 unspecified atom stereocenters. The molecular weight excluding hydrogens is 269 g/mol. The molecule has 0 spiro atoms. The first-order valence-electron chi connectivity index (χ1n) is 4.90. The number of nitrogens with zero attached hydrogens (tertiary/aromatic N) is 1. The van der Waals surface area contributed by atoms with Crippen molar-refractivity contribution in [2.75, 3.05) is 5.73 Å². The molecule has 2 aromatic rings. The fraction of sp³-hybridized carbons (Fsp3) is 0.182. The molecule has 0 aliphatic rings. The van der Waals surface area contributed by atoms with Gasteiger partial charge >= 0.3 is 0 Å². The van der Waals surface area contributed by atoms with Crippen molar-refractivity contribution < 1.29 is 17.7 Å². The van der Waals surface area contributed by atoms with Gasteiger partial charge in [0.1, 0.15) is 5.82 Å². The second-order valence-corrected chi connectivity index (χ2v) is 4.17. The number of hydrogen-bond acceptors (Lipinski definition) is 3. The Morgan fingerprint density at radius 2 is 2.06 bits per heavy atom. The van der Waals surface area contributed by atoms with E-state index in [9.17, 15) is 13.2 Å². The Bertz CT molecular complexity index is 592. The molecule has 0 saturated carbocycles. The predicted octanol–water partition coefficient (Wildman–Crippen LogP) is 3.83. The third-order valence-electron chi connectivity index (χ3n) is 2.36. The van der Waals surface area contributed by atoms with Crippen molar-refractivity contribution in [3.05, 3.63) is 34.7 Å². The average Bonchev–Trinajstić information content (AvgIpc) is 2.64. The van der Waals surface area contributed by atoms with Gasteiger partial charge in [-0.1, -0.05) is 28.9 Å². The monoisotopic (exact) mass is 276 g/mol. The van der Waals surface area contributed by atoms with Crippen molar-refractivity contribution in [1.82, 2.24) is 5.16 Å². The summed E-state index contributed by atoms with van der Waals surface area (Å²) in [5.74, 6) is -4.53. The molecule has 0 aliphatic heterocycles. The lowest BCUT2D eigenvalue weighted by atomic mass is 10.0. The van der Waals surface area contributed by atoms with E-state index in [1.807, 2.05) is 0 Å². The highest BCUT2D eigenvalue weighted by molar-refractivity contribution is 6.31. The highest BCUT2D eigenvalue weighted by Gasteiger charge is 2.35. The fourth-order valence-electron chi connectivity index (χ4n) is 1.56. The molecule has 2 rings (SSSR count). The van der Waals surface area contributed by atoms with Crippen LogP contribution in [0.25, 0.3) is 11.1 Å². The molecule has 1 aromatic heterocycles. The van der Waals surface area contributed by atoms with Crippen LogP contribution in [0.15, 0.2) is 22.7 Å². The lowest BCUT2D eigenvalue weighted by Crippen LogP contribution is -2.09. The first-order chi connectivity index (χ1) is 8.32. The quantitative estimate of drug-likeness (QED) is 0.907. The summed E-state index contributed by atoms with van der Waals surface area (Å²) in [6, 6.07) is 4.00. The van der Waals surface area contributed by atoms with Crippen LogP contribution in [0, 0.1) is 5.82 Å². The van der Waals surface area contributed by atoms with E-state index in [0.717, 1.165) is 0 Å². The Balaban J connectivity index is 2.72. The van der Waals surface area contributed by atoms with Gasteiger partial charge in [-0.3, -0.25) is 0 Å². The van der Waals surface area contributed by atoms with Crippen molar-refractivity contribution >= 4 is 17.5 Å². The van der Waals surface area contributed by atoms with Gasteiger partial charge in [0.25, 0.3) is 5.92 Å². The minimum atomic E-state index is -3.30. The van der Waals surface area contributed by atoms with Gasteiger partial charge in [0, 0.05) is 12.5 Å². The van der Waals surface area contributed by atoms with Crippen LogP contribution >= 0.6 is 11.6 Å². The minimum absolute atomic E-state index is 0.169. The third-order valence-corrected chi connectivity index (χ3v) is 2.65. The zero-order chi connectivity index (χ0) is 13.5. The second kappa shape index (κ2) is 4.20. The molecule has 7 heteroatoms. The summed E-state index contributed by atoms with van der Waals surface area (Å²) in [6.45, 7) is 0.621. The van der Waals surface area contributed by atoms with Gasteiger partial charge < -0.3 is 10.3 Å². The Kier molecular flexibility index (Phi) is 2.98. The van der Waals surface area contributed by atoms with Crippen LogP contribution in [0.4, 0.5) is 19.1 Å². The summed E-state index contributed by atoms with van der Waals surface area (Å²) in [4.78, 5) is 0. The summed E-state index contributed by atoms with van der Waals surface area (Å²) < 4.78 is 44.9. The van der Waals surface area contributed by atoms with Crippen LogP contribution < -0.4 is 5.73 Å². The fourth-order valence-corrected chi connectivity index (χ4v) is 1.73. The summed E-state index contributed by atoms with van der Waals surface area (Å²) in [5.41, 5.74) is 4.25. The van der Waals surface area contributed by atoms with Crippen LogP contribution in [-0.4, -0.2) is 5.16 Å². The topological polar surface area (TPSA) is 52.0 Å². The molecule has 0 amide bonds. The van der Waals surface area contributed by atoms with Crippen LogP contribution in [-0.2, 0) is 5.92 Å². The molecule has 0 bridgehead atoms. The largest absolute Gasteiger partial charge is 0.367 e. The van der Waals surface area contributed by atoms with E-state index in [1.54, 1.807) is 0 Å². The van der Waals surface area contributed by atoms with Gasteiger partial charge in [-0.05, 0) is 6.07 Å². The van der Waals surface area contributed by atoms with Gasteiger partial charge in [-0.2, -0.15) is 8.78 Å². The molecule has 18 heavy (non-hydrogen) atoms. The van der Waals surface area contributed by atoms with E-state index in [4.69, 9.17) is 17.3 Å². The van der Waals surface area contributed by atoms with Gasteiger partial charge in [0.15, 0.2) is 5.69 Å². The van der Waals surface area contributed by atoms with Crippen LogP contribution in [0.2, 0.25) is 5.02 Å². The van der Waals surface area contributed by atoms with E-state index in [1.165, 1.54) is 18.2 Å². The number of halogens is 4. The number of aromatic nitrogens is 1. The number of alkyl halides is 2. The maximum atomic E-state index is 13.8. The molecule has 1 aromatic carbocycles. The molecule has 96 valence electrons. The lowest BCUT2D eigenvalue weighted by Gasteiger charge is -2.10. The Morgan fingerprint density at radius 1 is 1.39 bits per heavy atom. The van der Waals surface area contributed by atoms with E-state index >= 15 is 0 Å². The SMILES string of the molecule is CC(F)(F)c1noc(N)c1-c1cccc(Cl)c1F. The van der Waals surface area contributed by atoms with Crippen LogP contribution in [0.3, 0.4) is 0 Å². The first kappa shape index (κ1) is 12.8. The van der Waals surface area contributed by atoms with Crippen molar-refractivity contribution in [1.29, 1.82) is 0 Å². The smallest absolute Gasteiger partial charge is 0.291 e. The maximum Gasteiger partial charge on any atom is 0.291 e. The average molecular weight is 277 g/mol. The van der Waals surface area contributed by atoms with E-state index < -0.39 is 17.4 Å². The molecular formula is C11H8ClF3N2O. The Labute approximate surface area is 105 Å². The van der Waals surface area contributed by atoms with Crippen molar-refractivity contribution in [3.63, 3.8) is 0 Å². The molecule has 0 aliphatic carbocycles. The molecule has 1 heterocycles. The molecule has 0 atom stereocenters. The van der Waals surface area contributed by atoms with Gasteiger partial charge in [-0.15, -0.1) is 0 Å². The third kappa shape index (κ3) is 2.03. The number of nitrogens with two attached hydrogens (primary N) is 1. The highest BCUT2D eigenvalue weighted by Crippen LogP contribution is 2.40. The maximum absolute atomic E-state index is 13.8. The number of hydrogen-bond donors (Lipinski definition) is 1. The minimum Gasteiger partial charge on any atom is -0.367 e. The standard InChI is InChI=1S/C11H8ClF3N2O/c1-11(14,15)9-7(10(16)18-17-9)5-3-2-4-6(12)8(5)13/h2-4H,16H2,1H3. The lowest BCUT2D eigenvalue weighted by molar-refractivity contribution is 0.0103. The predicted molar refractivity (Wildman–Crippen MR) is 60.9 cm³/mol. The zero-order valence-corrected chi connectivity index (χ0v) is 9.93. The molecule has 0 radical (unpaired) electrons.